The molecule has 7 nitrogen and oxygen atoms in total. The summed E-state index contributed by atoms with van der Waals surface area (Å²) >= 11 is 0. The van der Waals surface area contributed by atoms with Gasteiger partial charge in [-0.2, -0.15) is 0 Å². The van der Waals surface area contributed by atoms with Gasteiger partial charge in [0, 0.05) is 18.4 Å². The van der Waals surface area contributed by atoms with Crippen LogP contribution in [-0.4, -0.2) is 26.3 Å². The Morgan fingerprint density at radius 1 is 1.19 bits per heavy atom. The third-order valence-electron chi connectivity index (χ3n) is 5.05. The highest BCUT2D eigenvalue weighted by molar-refractivity contribution is 6.04. The molecular weight excluding hydrogens is 401 g/mol. The molecule has 1 aliphatic rings. The predicted octanol–water partition coefficient (Wildman–Crippen LogP) is 3.96. The largest absolute Gasteiger partial charge is 0.481 e. The van der Waals surface area contributed by atoms with Gasteiger partial charge in [-0.3, -0.25) is 14.2 Å². The molecule has 0 aliphatic carbocycles. The van der Waals surface area contributed by atoms with Crippen LogP contribution in [0, 0.1) is 5.82 Å². The topological polar surface area (TPSA) is 93.8 Å². The first-order valence-electron chi connectivity index (χ1n) is 9.88. The number of unbranched alkanes of at least 4 members (excludes halogenated alkanes) is 1. The second kappa shape index (κ2) is 8.51. The number of aryl methyl sites for hydroxylation is 1. The number of aromatic nitrogens is 2. The van der Waals surface area contributed by atoms with Crippen LogP contribution >= 0.6 is 0 Å². The zero-order chi connectivity index (χ0) is 22.0. The molecule has 1 N–H and O–H groups in total. The Labute approximate surface area is 177 Å². The number of hydrogen-bond acceptors (Lipinski definition) is 5. The highest BCUT2D eigenvalue weighted by Gasteiger charge is 2.18. The lowest BCUT2D eigenvalue weighted by Crippen LogP contribution is -2.24. The summed E-state index contributed by atoms with van der Waals surface area (Å²) < 4.78 is 14.9. The number of nitrogens with zero attached hydrogens (tertiary/aromatic N) is 3. The fourth-order valence-corrected chi connectivity index (χ4v) is 3.52. The molecule has 0 bridgehead atoms. The standard InChI is InChI=1S/C23H20FN3O4/c1-14-12-19(26-31-14)15-6-11-18-20(13-15)25-21(4-2-3-5-22(28)29)27(23(18)30)17-9-7-16(24)8-10-17/h6-11,13H,1-5,12H2,(H,28,29). The van der Waals surface area contributed by atoms with E-state index in [0.717, 1.165) is 5.56 Å². The number of oxime groups is 1. The van der Waals surface area contributed by atoms with E-state index in [1.54, 1.807) is 18.2 Å². The zero-order valence-electron chi connectivity index (χ0n) is 16.7. The lowest BCUT2D eigenvalue weighted by Gasteiger charge is -2.14. The molecule has 0 saturated carbocycles. The van der Waals surface area contributed by atoms with Crippen molar-refractivity contribution < 1.29 is 19.1 Å². The third-order valence-corrected chi connectivity index (χ3v) is 5.05. The number of fused-ring (bicyclic) bond motifs is 1. The van der Waals surface area contributed by atoms with Crippen molar-refractivity contribution in [2.45, 2.75) is 32.1 Å². The van der Waals surface area contributed by atoms with Crippen LogP contribution in [0.2, 0.25) is 0 Å². The Balaban J connectivity index is 1.79. The Bertz CT molecular complexity index is 1260. The Kier molecular flexibility index (Phi) is 5.62. The molecule has 3 aromatic rings. The van der Waals surface area contributed by atoms with Gasteiger partial charge in [-0.1, -0.05) is 17.8 Å². The van der Waals surface area contributed by atoms with Crippen molar-refractivity contribution in [2.24, 2.45) is 5.16 Å². The summed E-state index contributed by atoms with van der Waals surface area (Å²) in [4.78, 5) is 33.9. The Hall–Kier alpha value is -3.81. The maximum atomic E-state index is 13.4. The van der Waals surface area contributed by atoms with Crippen molar-refractivity contribution in [3.8, 4) is 5.69 Å². The molecule has 0 spiro atoms. The van der Waals surface area contributed by atoms with Gasteiger partial charge in [0.05, 0.1) is 28.7 Å². The number of carbonyl (C=O) groups is 1. The third kappa shape index (κ3) is 4.37. The molecule has 0 radical (unpaired) electrons. The maximum Gasteiger partial charge on any atom is 0.303 e. The molecule has 31 heavy (non-hydrogen) atoms. The van der Waals surface area contributed by atoms with Crippen LogP contribution in [0.1, 0.15) is 37.1 Å². The van der Waals surface area contributed by atoms with E-state index in [1.165, 1.54) is 28.8 Å². The van der Waals surface area contributed by atoms with Crippen LogP contribution in [0.25, 0.3) is 16.6 Å². The lowest BCUT2D eigenvalue weighted by atomic mass is 10.0. The van der Waals surface area contributed by atoms with E-state index in [2.05, 4.69) is 11.7 Å². The molecule has 0 amide bonds. The number of hydrogen-bond donors (Lipinski definition) is 1. The van der Waals surface area contributed by atoms with Gasteiger partial charge in [-0.05, 0) is 49.2 Å². The van der Waals surface area contributed by atoms with Gasteiger partial charge in [-0.25, -0.2) is 9.37 Å². The van der Waals surface area contributed by atoms with Crippen molar-refractivity contribution in [3.63, 3.8) is 0 Å². The summed E-state index contributed by atoms with van der Waals surface area (Å²) in [5.41, 5.74) is 2.23. The number of rotatable bonds is 7. The van der Waals surface area contributed by atoms with Gasteiger partial charge in [0.2, 0.25) is 0 Å². The van der Waals surface area contributed by atoms with Crippen LogP contribution in [-0.2, 0) is 16.1 Å². The molecule has 0 unspecified atom stereocenters. The van der Waals surface area contributed by atoms with Crippen molar-refractivity contribution in [1.82, 2.24) is 9.55 Å². The molecule has 158 valence electrons. The van der Waals surface area contributed by atoms with Crippen LogP contribution in [0.5, 0.6) is 0 Å². The fourth-order valence-electron chi connectivity index (χ4n) is 3.52. The van der Waals surface area contributed by atoms with Gasteiger partial charge in [-0.15, -0.1) is 0 Å². The molecule has 4 rings (SSSR count). The number of benzene rings is 2. The molecule has 8 heteroatoms. The van der Waals surface area contributed by atoms with Gasteiger partial charge in [0.15, 0.2) is 0 Å². The predicted molar refractivity (Wildman–Crippen MR) is 114 cm³/mol. The SMILES string of the molecule is C=C1CC(c2ccc3c(=O)n(-c4ccc(F)cc4)c(CCCCC(=O)O)nc3c2)=NO1. The second-order valence-corrected chi connectivity index (χ2v) is 7.32. The van der Waals surface area contributed by atoms with Gasteiger partial charge >= 0.3 is 5.97 Å². The maximum absolute atomic E-state index is 13.4. The Morgan fingerprint density at radius 2 is 1.97 bits per heavy atom. The van der Waals surface area contributed by atoms with E-state index in [4.69, 9.17) is 14.9 Å². The van der Waals surface area contributed by atoms with Crippen molar-refractivity contribution >= 4 is 22.6 Å². The molecule has 0 atom stereocenters. The molecular formula is C23H20FN3O4. The fraction of sp³-hybridized carbons (Fsp3) is 0.217. The number of carboxylic acids is 1. The monoisotopic (exact) mass is 421 g/mol. The molecule has 1 aromatic heterocycles. The van der Waals surface area contributed by atoms with Crippen molar-refractivity contribution in [3.05, 3.63) is 82.4 Å². The number of carboxylic acid groups (broad SMARTS) is 1. The minimum absolute atomic E-state index is 0.0439. The van der Waals surface area contributed by atoms with E-state index in [0.29, 0.717) is 59.6 Å². The smallest absolute Gasteiger partial charge is 0.303 e. The quantitative estimate of drug-likeness (QED) is 0.583. The molecule has 2 aromatic carbocycles. The van der Waals surface area contributed by atoms with Gasteiger partial charge in [0.25, 0.3) is 5.56 Å². The van der Waals surface area contributed by atoms with E-state index >= 15 is 0 Å². The van der Waals surface area contributed by atoms with Crippen LogP contribution in [0.15, 0.2) is 64.8 Å². The van der Waals surface area contributed by atoms with Crippen LogP contribution < -0.4 is 5.56 Å². The average molecular weight is 421 g/mol. The molecule has 0 saturated heterocycles. The summed E-state index contributed by atoms with van der Waals surface area (Å²) in [6.07, 6.45) is 1.94. The molecule has 2 heterocycles. The van der Waals surface area contributed by atoms with Crippen LogP contribution in [0.4, 0.5) is 4.39 Å². The van der Waals surface area contributed by atoms with Crippen molar-refractivity contribution in [1.29, 1.82) is 0 Å². The van der Waals surface area contributed by atoms with Gasteiger partial charge < -0.3 is 9.94 Å². The summed E-state index contributed by atoms with van der Waals surface area (Å²) in [7, 11) is 0. The second-order valence-electron chi connectivity index (χ2n) is 7.32. The number of halogens is 1. The Morgan fingerprint density at radius 3 is 2.65 bits per heavy atom. The van der Waals surface area contributed by atoms with E-state index in [-0.39, 0.29) is 12.0 Å². The normalized spacial score (nSPS) is 13.3. The summed E-state index contributed by atoms with van der Waals surface area (Å²) in [6.45, 7) is 3.75. The van der Waals surface area contributed by atoms with Crippen LogP contribution in [0.3, 0.4) is 0 Å². The molecule has 0 fully saturated rings. The van der Waals surface area contributed by atoms with E-state index in [9.17, 15) is 14.0 Å². The first-order valence-corrected chi connectivity index (χ1v) is 9.88. The minimum Gasteiger partial charge on any atom is -0.481 e. The lowest BCUT2D eigenvalue weighted by molar-refractivity contribution is -0.137. The molecule has 1 aliphatic heterocycles. The van der Waals surface area contributed by atoms with Gasteiger partial charge in [0.1, 0.15) is 17.4 Å². The highest BCUT2D eigenvalue weighted by atomic mass is 19.1. The highest BCUT2D eigenvalue weighted by Crippen LogP contribution is 2.22. The first kappa shape index (κ1) is 20.5. The number of allylic oxidation sites excluding steroid dienone is 1. The summed E-state index contributed by atoms with van der Waals surface area (Å²) in [5, 5.41) is 13.3. The average Bonchev–Trinajstić information content (AvgIpc) is 3.18. The minimum atomic E-state index is -0.867. The summed E-state index contributed by atoms with van der Waals surface area (Å²) in [6, 6.07) is 10.9. The van der Waals surface area contributed by atoms with Crippen molar-refractivity contribution in [2.75, 3.05) is 0 Å². The van der Waals surface area contributed by atoms with E-state index in [1.807, 2.05) is 0 Å². The summed E-state index contributed by atoms with van der Waals surface area (Å²) in [5.74, 6) is -0.234. The number of aliphatic carboxylic acids is 1. The zero-order valence-corrected chi connectivity index (χ0v) is 16.7. The van der Waals surface area contributed by atoms with E-state index < -0.39 is 11.8 Å². The first-order chi connectivity index (χ1) is 14.9.